The Morgan fingerprint density at radius 1 is 1.00 bits per heavy atom. The fourth-order valence-electron chi connectivity index (χ4n) is 5.43. The second-order valence-corrected chi connectivity index (χ2v) is 7.27. The standard InChI is InChI=1S/C18H31NO2/c1-3-12-21-18(20)17-13-8-4-6-10-15(13)19(2)16-11-7-5-9-14(16)17/h3,12-18,20H,4-11H2,1-2H3/b12-3-. The van der Waals surface area contributed by atoms with E-state index in [2.05, 4.69) is 11.9 Å². The molecule has 120 valence electrons. The second kappa shape index (κ2) is 6.70. The van der Waals surface area contributed by atoms with Crippen molar-refractivity contribution >= 4 is 0 Å². The lowest BCUT2D eigenvalue weighted by Crippen LogP contribution is -2.61. The first-order valence-corrected chi connectivity index (χ1v) is 8.90. The first kappa shape index (κ1) is 15.4. The number of aliphatic hydroxyl groups is 1. The van der Waals surface area contributed by atoms with Crippen LogP contribution in [0.25, 0.3) is 0 Å². The third kappa shape index (κ3) is 2.87. The Morgan fingerprint density at radius 2 is 1.52 bits per heavy atom. The Balaban J connectivity index is 1.84. The van der Waals surface area contributed by atoms with E-state index in [1.807, 2.05) is 13.0 Å². The van der Waals surface area contributed by atoms with Crippen LogP contribution in [0.1, 0.15) is 58.3 Å². The first-order chi connectivity index (χ1) is 10.2. The molecule has 5 atom stereocenters. The average Bonchev–Trinajstić information content (AvgIpc) is 2.53. The fraction of sp³-hybridized carbons (Fsp3) is 0.889. The van der Waals surface area contributed by atoms with Crippen LogP contribution in [0.15, 0.2) is 12.3 Å². The van der Waals surface area contributed by atoms with Crippen LogP contribution >= 0.6 is 0 Å². The lowest BCUT2D eigenvalue weighted by Gasteiger charge is -2.57. The lowest BCUT2D eigenvalue weighted by atomic mass is 9.61. The molecule has 3 rings (SSSR count). The largest absolute Gasteiger partial charge is 0.473 e. The number of hydrogen-bond donors (Lipinski definition) is 1. The summed E-state index contributed by atoms with van der Waals surface area (Å²) in [5.41, 5.74) is 0. The van der Waals surface area contributed by atoms with Crippen LogP contribution in [0, 0.1) is 17.8 Å². The van der Waals surface area contributed by atoms with Crippen LogP contribution in [0.2, 0.25) is 0 Å². The number of fused-ring (bicyclic) bond motifs is 2. The zero-order valence-corrected chi connectivity index (χ0v) is 13.6. The third-order valence-corrected chi connectivity index (χ3v) is 6.28. The Labute approximate surface area is 129 Å². The van der Waals surface area contributed by atoms with Gasteiger partial charge in [0.25, 0.3) is 0 Å². The molecule has 0 aromatic carbocycles. The molecule has 3 heteroatoms. The van der Waals surface area contributed by atoms with Gasteiger partial charge in [-0.1, -0.05) is 31.8 Å². The van der Waals surface area contributed by atoms with Crippen LogP contribution in [0.5, 0.6) is 0 Å². The number of likely N-dealkylation sites (tertiary alicyclic amines) is 1. The molecular formula is C18H31NO2. The molecule has 1 heterocycles. The predicted octanol–water partition coefficient (Wildman–Crippen LogP) is 3.53. The van der Waals surface area contributed by atoms with Crippen molar-refractivity contribution < 1.29 is 9.84 Å². The maximum Gasteiger partial charge on any atom is 0.199 e. The van der Waals surface area contributed by atoms with E-state index in [9.17, 15) is 5.11 Å². The lowest BCUT2D eigenvalue weighted by molar-refractivity contribution is -0.179. The highest BCUT2D eigenvalue weighted by atomic mass is 16.6. The van der Waals surface area contributed by atoms with E-state index in [4.69, 9.17) is 4.74 Å². The van der Waals surface area contributed by atoms with Crippen LogP contribution in [-0.4, -0.2) is 35.4 Å². The maximum atomic E-state index is 10.7. The number of ether oxygens (including phenoxy) is 1. The molecule has 0 bridgehead atoms. The SMILES string of the molecule is C/C=C\OC(O)C1C2CCCCC2N(C)C2CCCCC12. The molecular weight excluding hydrogens is 262 g/mol. The Hall–Kier alpha value is -0.540. The average molecular weight is 293 g/mol. The van der Waals surface area contributed by atoms with Crippen LogP contribution in [0.3, 0.4) is 0 Å². The number of piperidine rings is 1. The summed E-state index contributed by atoms with van der Waals surface area (Å²) in [7, 11) is 2.33. The minimum Gasteiger partial charge on any atom is -0.473 e. The highest BCUT2D eigenvalue weighted by molar-refractivity contribution is 5.01. The topological polar surface area (TPSA) is 32.7 Å². The Morgan fingerprint density at radius 3 is 2.05 bits per heavy atom. The van der Waals surface area contributed by atoms with E-state index in [0.29, 0.717) is 29.8 Å². The first-order valence-electron chi connectivity index (χ1n) is 8.90. The predicted molar refractivity (Wildman–Crippen MR) is 84.7 cm³/mol. The molecule has 0 aromatic rings. The van der Waals surface area contributed by atoms with Crippen molar-refractivity contribution in [2.24, 2.45) is 17.8 Å². The van der Waals surface area contributed by atoms with E-state index in [0.717, 1.165) is 0 Å². The van der Waals surface area contributed by atoms with Gasteiger partial charge in [0.05, 0.1) is 6.26 Å². The summed E-state index contributed by atoms with van der Waals surface area (Å²) < 4.78 is 5.62. The molecule has 3 fully saturated rings. The molecule has 3 aliphatic rings. The number of hydrogen-bond acceptors (Lipinski definition) is 3. The molecule has 0 amide bonds. The molecule has 1 N–H and O–H groups in total. The van der Waals surface area contributed by atoms with Gasteiger partial charge in [0.1, 0.15) is 0 Å². The van der Waals surface area contributed by atoms with E-state index in [-0.39, 0.29) is 0 Å². The van der Waals surface area contributed by atoms with Crippen molar-refractivity contribution in [2.45, 2.75) is 76.7 Å². The highest BCUT2D eigenvalue weighted by Gasteiger charge is 2.51. The summed E-state index contributed by atoms with van der Waals surface area (Å²) in [6.07, 6.45) is 13.4. The van der Waals surface area contributed by atoms with Gasteiger partial charge in [-0.25, -0.2) is 0 Å². The molecule has 5 unspecified atom stereocenters. The van der Waals surface area contributed by atoms with Crippen molar-refractivity contribution in [1.29, 1.82) is 0 Å². The van der Waals surface area contributed by atoms with Crippen molar-refractivity contribution in [3.63, 3.8) is 0 Å². The smallest absolute Gasteiger partial charge is 0.199 e. The van der Waals surface area contributed by atoms with Gasteiger partial charge in [-0.3, -0.25) is 4.90 Å². The van der Waals surface area contributed by atoms with Gasteiger partial charge in [0.2, 0.25) is 0 Å². The Bertz CT molecular complexity index is 346. The summed E-state index contributed by atoms with van der Waals surface area (Å²) in [5.74, 6) is 1.56. The second-order valence-electron chi connectivity index (χ2n) is 7.27. The number of allylic oxidation sites excluding steroid dienone is 1. The monoisotopic (exact) mass is 293 g/mol. The van der Waals surface area contributed by atoms with Crippen LogP contribution in [-0.2, 0) is 4.74 Å². The molecule has 1 aliphatic heterocycles. The van der Waals surface area contributed by atoms with Crippen molar-refractivity contribution in [3.8, 4) is 0 Å². The minimum atomic E-state index is -0.619. The molecule has 2 aliphatic carbocycles. The number of aliphatic hydroxyl groups excluding tert-OH is 1. The van der Waals surface area contributed by atoms with E-state index in [1.54, 1.807) is 6.26 Å². The summed E-state index contributed by atoms with van der Waals surface area (Å²) in [6.45, 7) is 1.94. The summed E-state index contributed by atoms with van der Waals surface area (Å²) in [6, 6.07) is 1.32. The van der Waals surface area contributed by atoms with Gasteiger partial charge in [-0.15, -0.1) is 0 Å². The van der Waals surface area contributed by atoms with Gasteiger partial charge in [0, 0.05) is 18.0 Å². The van der Waals surface area contributed by atoms with Gasteiger partial charge in [-0.05, 0) is 51.5 Å². The van der Waals surface area contributed by atoms with E-state index in [1.165, 1.54) is 51.4 Å². The van der Waals surface area contributed by atoms with Gasteiger partial charge < -0.3 is 9.84 Å². The van der Waals surface area contributed by atoms with Crippen LogP contribution < -0.4 is 0 Å². The molecule has 2 saturated carbocycles. The summed E-state index contributed by atoms with van der Waals surface area (Å²) in [5, 5.41) is 10.7. The molecule has 0 radical (unpaired) electrons. The quantitative estimate of drug-likeness (QED) is 0.638. The van der Waals surface area contributed by atoms with Gasteiger partial charge >= 0.3 is 0 Å². The molecule has 1 saturated heterocycles. The maximum absolute atomic E-state index is 10.7. The third-order valence-electron chi connectivity index (χ3n) is 6.28. The van der Waals surface area contributed by atoms with Crippen LogP contribution in [0.4, 0.5) is 0 Å². The number of nitrogens with zero attached hydrogens (tertiary/aromatic N) is 1. The van der Waals surface area contributed by atoms with Crippen molar-refractivity contribution in [3.05, 3.63) is 12.3 Å². The van der Waals surface area contributed by atoms with E-state index < -0.39 is 6.29 Å². The van der Waals surface area contributed by atoms with Crippen molar-refractivity contribution in [1.82, 2.24) is 4.90 Å². The summed E-state index contributed by atoms with van der Waals surface area (Å²) in [4.78, 5) is 2.67. The van der Waals surface area contributed by atoms with Gasteiger partial charge in [-0.2, -0.15) is 0 Å². The Kier molecular flexibility index (Phi) is 4.90. The van der Waals surface area contributed by atoms with Gasteiger partial charge in [0.15, 0.2) is 6.29 Å². The fourth-order valence-corrected chi connectivity index (χ4v) is 5.43. The molecule has 0 spiro atoms. The molecule has 0 aromatic heterocycles. The van der Waals surface area contributed by atoms with Crippen molar-refractivity contribution in [2.75, 3.05) is 7.05 Å². The number of rotatable bonds is 3. The highest BCUT2D eigenvalue weighted by Crippen LogP contribution is 2.49. The molecule has 21 heavy (non-hydrogen) atoms. The summed E-state index contributed by atoms with van der Waals surface area (Å²) >= 11 is 0. The zero-order valence-electron chi connectivity index (χ0n) is 13.6. The molecule has 3 nitrogen and oxygen atoms in total. The minimum absolute atomic E-state index is 0.327. The zero-order chi connectivity index (χ0) is 14.8. The van der Waals surface area contributed by atoms with E-state index >= 15 is 0 Å². The normalized spacial score (nSPS) is 42.3.